The highest BCUT2D eigenvalue weighted by molar-refractivity contribution is 6.30. The Balaban J connectivity index is 2.04. The molecule has 5 heteroatoms. The van der Waals surface area contributed by atoms with Crippen LogP contribution >= 0.6 is 11.6 Å². The molecule has 0 aliphatic rings. The van der Waals surface area contributed by atoms with Crippen LogP contribution in [0.5, 0.6) is 5.75 Å². The zero-order valence-corrected chi connectivity index (χ0v) is 10.7. The van der Waals surface area contributed by atoms with Crippen molar-refractivity contribution < 1.29 is 13.5 Å². The number of benzene rings is 2. The molecule has 0 spiro atoms. The van der Waals surface area contributed by atoms with E-state index in [0.717, 1.165) is 5.56 Å². The van der Waals surface area contributed by atoms with Gasteiger partial charge in [0, 0.05) is 11.6 Å². The lowest BCUT2D eigenvalue weighted by atomic mass is 10.2. The van der Waals surface area contributed by atoms with E-state index in [1.54, 1.807) is 30.3 Å². The van der Waals surface area contributed by atoms with Crippen molar-refractivity contribution in [2.75, 3.05) is 5.32 Å². The third kappa shape index (κ3) is 4.10. The molecule has 0 aliphatic carbocycles. The molecule has 0 fully saturated rings. The van der Waals surface area contributed by atoms with Crippen LogP contribution in [0.2, 0.25) is 5.02 Å². The number of hydrogen-bond donors (Lipinski definition) is 1. The Morgan fingerprint density at radius 1 is 1.05 bits per heavy atom. The Kier molecular flexibility index (Phi) is 4.58. The van der Waals surface area contributed by atoms with Gasteiger partial charge in [0.1, 0.15) is 5.75 Å². The lowest BCUT2D eigenvalue weighted by Crippen LogP contribution is -2.06. The molecule has 100 valence electrons. The van der Waals surface area contributed by atoms with E-state index < -0.39 is 6.61 Å². The molecule has 0 saturated carbocycles. The van der Waals surface area contributed by atoms with Crippen molar-refractivity contribution in [1.82, 2.24) is 0 Å². The third-order valence-corrected chi connectivity index (χ3v) is 2.75. The van der Waals surface area contributed by atoms with E-state index in [0.29, 0.717) is 17.3 Å². The first kappa shape index (κ1) is 13.6. The maximum Gasteiger partial charge on any atom is 0.387 e. The Hall–Kier alpha value is -1.81. The summed E-state index contributed by atoms with van der Waals surface area (Å²) in [5.74, 6) is 0.131. The van der Waals surface area contributed by atoms with Crippen molar-refractivity contribution in [2.24, 2.45) is 0 Å². The molecular formula is C14H12ClF2NO. The molecule has 0 unspecified atom stereocenters. The minimum Gasteiger partial charge on any atom is -0.433 e. The van der Waals surface area contributed by atoms with Crippen LogP contribution in [0.15, 0.2) is 48.5 Å². The molecule has 1 N–H and O–H groups in total. The zero-order chi connectivity index (χ0) is 13.7. The lowest BCUT2D eigenvalue weighted by molar-refractivity contribution is -0.0493. The Morgan fingerprint density at radius 3 is 2.42 bits per heavy atom. The molecule has 0 aliphatic heterocycles. The van der Waals surface area contributed by atoms with E-state index in [-0.39, 0.29) is 5.75 Å². The van der Waals surface area contributed by atoms with Gasteiger partial charge in [0.15, 0.2) is 0 Å². The summed E-state index contributed by atoms with van der Waals surface area (Å²) in [5, 5.41) is 3.71. The molecule has 0 atom stereocenters. The van der Waals surface area contributed by atoms with Crippen LogP contribution in [-0.2, 0) is 6.54 Å². The topological polar surface area (TPSA) is 21.3 Å². The van der Waals surface area contributed by atoms with Gasteiger partial charge in [0.2, 0.25) is 0 Å². The smallest absolute Gasteiger partial charge is 0.387 e. The van der Waals surface area contributed by atoms with Crippen LogP contribution in [0, 0.1) is 0 Å². The summed E-state index contributed by atoms with van der Waals surface area (Å²) in [6, 6.07) is 13.9. The van der Waals surface area contributed by atoms with Crippen molar-refractivity contribution in [3.8, 4) is 5.75 Å². The van der Waals surface area contributed by atoms with Crippen molar-refractivity contribution in [2.45, 2.75) is 13.2 Å². The van der Waals surface area contributed by atoms with Crippen LogP contribution in [0.4, 0.5) is 14.5 Å². The summed E-state index contributed by atoms with van der Waals surface area (Å²) in [7, 11) is 0. The quantitative estimate of drug-likeness (QED) is 0.869. The molecular weight excluding hydrogens is 272 g/mol. The van der Waals surface area contributed by atoms with Gasteiger partial charge >= 0.3 is 6.61 Å². The Labute approximate surface area is 115 Å². The maximum atomic E-state index is 12.2. The number of halogens is 3. The van der Waals surface area contributed by atoms with E-state index in [2.05, 4.69) is 10.1 Å². The minimum atomic E-state index is -2.83. The molecule has 0 heterocycles. The van der Waals surface area contributed by atoms with Gasteiger partial charge in [-0.25, -0.2) is 0 Å². The predicted octanol–water partition coefficient (Wildman–Crippen LogP) is 4.55. The standard InChI is InChI=1S/C14H12ClF2NO/c15-11-7-5-10(6-8-11)9-18-12-3-1-2-4-13(12)19-14(16)17/h1-8,14,18H,9H2. The molecule has 0 radical (unpaired) electrons. The molecule has 0 aromatic heterocycles. The first-order valence-corrected chi connectivity index (χ1v) is 6.05. The minimum absolute atomic E-state index is 0.131. The normalized spacial score (nSPS) is 10.5. The highest BCUT2D eigenvalue weighted by Crippen LogP contribution is 2.26. The molecule has 2 aromatic rings. The summed E-state index contributed by atoms with van der Waals surface area (Å²) < 4.78 is 28.9. The summed E-state index contributed by atoms with van der Waals surface area (Å²) in [6.45, 7) is -2.33. The Morgan fingerprint density at radius 2 is 1.74 bits per heavy atom. The van der Waals surface area contributed by atoms with Gasteiger partial charge in [-0.15, -0.1) is 0 Å². The van der Waals surface area contributed by atoms with E-state index in [1.165, 1.54) is 6.07 Å². The second kappa shape index (κ2) is 6.38. The van der Waals surface area contributed by atoms with E-state index in [4.69, 9.17) is 11.6 Å². The molecule has 19 heavy (non-hydrogen) atoms. The van der Waals surface area contributed by atoms with Gasteiger partial charge in [0.25, 0.3) is 0 Å². The van der Waals surface area contributed by atoms with Gasteiger partial charge in [-0.3, -0.25) is 0 Å². The van der Waals surface area contributed by atoms with Gasteiger partial charge < -0.3 is 10.1 Å². The van der Waals surface area contributed by atoms with Crippen molar-refractivity contribution >= 4 is 17.3 Å². The average molecular weight is 284 g/mol. The Bertz CT molecular complexity index is 531. The van der Waals surface area contributed by atoms with E-state index in [9.17, 15) is 8.78 Å². The maximum absolute atomic E-state index is 12.2. The van der Waals surface area contributed by atoms with Crippen molar-refractivity contribution in [1.29, 1.82) is 0 Å². The molecule has 0 saturated heterocycles. The lowest BCUT2D eigenvalue weighted by Gasteiger charge is -2.12. The number of ether oxygens (including phenoxy) is 1. The van der Waals surface area contributed by atoms with Crippen LogP contribution in [0.25, 0.3) is 0 Å². The van der Waals surface area contributed by atoms with Crippen molar-refractivity contribution in [3.63, 3.8) is 0 Å². The van der Waals surface area contributed by atoms with Gasteiger partial charge in [-0.05, 0) is 29.8 Å². The predicted molar refractivity (Wildman–Crippen MR) is 71.9 cm³/mol. The summed E-state index contributed by atoms with van der Waals surface area (Å²) >= 11 is 5.79. The largest absolute Gasteiger partial charge is 0.433 e. The van der Waals surface area contributed by atoms with E-state index in [1.807, 2.05) is 12.1 Å². The highest BCUT2D eigenvalue weighted by Gasteiger charge is 2.08. The van der Waals surface area contributed by atoms with Crippen LogP contribution in [0.1, 0.15) is 5.56 Å². The number of anilines is 1. The number of alkyl halides is 2. The van der Waals surface area contributed by atoms with E-state index >= 15 is 0 Å². The monoisotopic (exact) mass is 283 g/mol. The molecule has 0 bridgehead atoms. The fourth-order valence-electron chi connectivity index (χ4n) is 1.61. The fraction of sp³-hybridized carbons (Fsp3) is 0.143. The number of nitrogens with one attached hydrogen (secondary N) is 1. The zero-order valence-electron chi connectivity index (χ0n) is 9.95. The summed E-state index contributed by atoms with van der Waals surface area (Å²) in [5.41, 5.74) is 1.52. The highest BCUT2D eigenvalue weighted by atomic mass is 35.5. The van der Waals surface area contributed by atoms with Crippen molar-refractivity contribution in [3.05, 3.63) is 59.1 Å². The van der Waals surface area contributed by atoms with Crippen LogP contribution < -0.4 is 10.1 Å². The molecule has 2 nitrogen and oxygen atoms in total. The second-order valence-electron chi connectivity index (χ2n) is 3.85. The molecule has 2 rings (SSSR count). The first-order chi connectivity index (χ1) is 9.15. The van der Waals surface area contributed by atoms with Gasteiger partial charge in [-0.1, -0.05) is 35.9 Å². The molecule has 2 aromatic carbocycles. The number of para-hydroxylation sites is 2. The average Bonchev–Trinajstić information content (AvgIpc) is 2.39. The van der Waals surface area contributed by atoms with Gasteiger partial charge in [-0.2, -0.15) is 8.78 Å². The van der Waals surface area contributed by atoms with Crippen LogP contribution in [-0.4, -0.2) is 6.61 Å². The molecule has 0 amide bonds. The first-order valence-electron chi connectivity index (χ1n) is 5.67. The summed E-state index contributed by atoms with van der Waals surface area (Å²) in [6.07, 6.45) is 0. The fourth-order valence-corrected chi connectivity index (χ4v) is 1.74. The number of rotatable bonds is 5. The third-order valence-electron chi connectivity index (χ3n) is 2.50. The second-order valence-corrected chi connectivity index (χ2v) is 4.29. The number of hydrogen-bond acceptors (Lipinski definition) is 2. The SMILES string of the molecule is FC(F)Oc1ccccc1NCc1ccc(Cl)cc1. The van der Waals surface area contributed by atoms with Crippen LogP contribution in [0.3, 0.4) is 0 Å². The summed E-state index contributed by atoms with van der Waals surface area (Å²) in [4.78, 5) is 0. The van der Waals surface area contributed by atoms with Gasteiger partial charge in [0.05, 0.1) is 5.69 Å².